The molecular formula is C11H7Cl2N3OS2. The van der Waals surface area contributed by atoms with Gasteiger partial charge in [-0.1, -0.05) is 40.6 Å². The average molecular weight is 332 g/mol. The second-order valence-corrected chi connectivity index (χ2v) is 6.48. The van der Waals surface area contributed by atoms with Crippen LogP contribution in [0.1, 0.15) is 10.9 Å². The fourth-order valence-electron chi connectivity index (χ4n) is 1.86. The molecule has 0 spiro atoms. The zero-order chi connectivity index (χ0) is 13.4. The van der Waals surface area contributed by atoms with E-state index < -0.39 is 0 Å². The van der Waals surface area contributed by atoms with Gasteiger partial charge >= 0.3 is 0 Å². The summed E-state index contributed by atoms with van der Waals surface area (Å²) >= 11 is 15.2. The quantitative estimate of drug-likeness (QED) is 0.843. The van der Waals surface area contributed by atoms with Crippen molar-refractivity contribution < 1.29 is 4.79 Å². The number of nitrogens with zero attached hydrogens (tertiary/aromatic N) is 3. The fraction of sp³-hybridized carbons (Fsp3) is 0.182. The van der Waals surface area contributed by atoms with E-state index in [0.29, 0.717) is 20.9 Å². The Bertz CT molecular complexity index is 600. The molecule has 1 unspecified atom stereocenters. The Hall–Kier alpha value is -0.820. The van der Waals surface area contributed by atoms with Gasteiger partial charge in [-0.3, -0.25) is 9.69 Å². The molecule has 8 heteroatoms. The lowest BCUT2D eigenvalue weighted by Gasteiger charge is -2.22. The van der Waals surface area contributed by atoms with Crippen molar-refractivity contribution in [3.05, 3.63) is 39.3 Å². The van der Waals surface area contributed by atoms with Crippen LogP contribution in [0.4, 0.5) is 5.13 Å². The zero-order valence-corrected chi connectivity index (χ0v) is 12.6. The molecule has 2 aromatic rings. The molecule has 0 saturated carbocycles. The summed E-state index contributed by atoms with van der Waals surface area (Å²) in [5.74, 6) is 0.369. The number of amides is 1. The molecule has 3 rings (SSSR count). The summed E-state index contributed by atoms with van der Waals surface area (Å²) in [6.07, 6.45) is 0. The normalized spacial score (nSPS) is 19.2. The summed E-state index contributed by atoms with van der Waals surface area (Å²) in [5, 5.41) is 9.15. The van der Waals surface area contributed by atoms with E-state index in [4.69, 9.17) is 23.2 Å². The lowest BCUT2D eigenvalue weighted by Crippen LogP contribution is -2.28. The number of aromatic nitrogens is 2. The molecule has 0 bridgehead atoms. The Morgan fingerprint density at radius 2 is 2.05 bits per heavy atom. The van der Waals surface area contributed by atoms with E-state index in [1.165, 1.54) is 23.1 Å². The number of carbonyl (C=O) groups is 1. The predicted octanol–water partition coefficient (Wildman–Crippen LogP) is 3.62. The Kier molecular flexibility index (Phi) is 3.66. The highest BCUT2D eigenvalue weighted by molar-refractivity contribution is 8.00. The molecule has 1 atom stereocenters. The number of thioether (sulfide) groups is 1. The highest BCUT2D eigenvalue weighted by atomic mass is 35.5. The number of halogens is 2. The van der Waals surface area contributed by atoms with Crippen LogP contribution >= 0.6 is 46.3 Å². The minimum Gasteiger partial charge on any atom is -0.273 e. The van der Waals surface area contributed by atoms with E-state index >= 15 is 0 Å². The maximum atomic E-state index is 12.0. The topological polar surface area (TPSA) is 46.1 Å². The second kappa shape index (κ2) is 5.28. The maximum absolute atomic E-state index is 12.0. The Morgan fingerprint density at radius 1 is 1.32 bits per heavy atom. The van der Waals surface area contributed by atoms with E-state index in [1.807, 2.05) is 0 Å². The number of hydrogen-bond donors (Lipinski definition) is 0. The molecule has 2 heterocycles. The van der Waals surface area contributed by atoms with Gasteiger partial charge < -0.3 is 0 Å². The highest BCUT2D eigenvalue weighted by Crippen LogP contribution is 2.46. The van der Waals surface area contributed by atoms with Gasteiger partial charge in [0.2, 0.25) is 11.0 Å². The fourth-order valence-corrected chi connectivity index (χ4v) is 4.49. The summed E-state index contributed by atoms with van der Waals surface area (Å²) in [5.41, 5.74) is 2.34. The third kappa shape index (κ3) is 2.33. The monoisotopic (exact) mass is 331 g/mol. The first-order chi connectivity index (χ1) is 9.18. The van der Waals surface area contributed by atoms with Crippen LogP contribution in [-0.2, 0) is 4.79 Å². The molecule has 0 aliphatic carbocycles. The first kappa shape index (κ1) is 13.2. The molecule has 1 aromatic heterocycles. The van der Waals surface area contributed by atoms with Crippen molar-refractivity contribution in [2.45, 2.75) is 5.37 Å². The molecule has 0 radical (unpaired) electrons. The Balaban J connectivity index is 2.07. The first-order valence-electron chi connectivity index (χ1n) is 5.32. The largest absolute Gasteiger partial charge is 0.273 e. The smallest absolute Gasteiger partial charge is 0.240 e. The minimum absolute atomic E-state index is 0.0114. The van der Waals surface area contributed by atoms with Crippen LogP contribution in [-0.4, -0.2) is 21.9 Å². The van der Waals surface area contributed by atoms with Crippen LogP contribution in [0.25, 0.3) is 0 Å². The molecule has 98 valence electrons. The summed E-state index contributed by atoms with van der Waals surface area (Å²) in [7, 11) is 0. The van der Waals surface area contributed by atoms with Gasteiger partial charge in [0.15, 0.2) is 0 Å². The number of anilines is 1. The van der Waals surface area contributed by atoms with Crippen molar-refractivity contribution in [1.82, 2.24) is 10.2 Å². The van der Waals surface area contributed by atoms with Crippen LogP contribution in [0.2, 0.25) is 10.0 Å². The van der Waals surface area contributed by atoms with E-state index in [-0.39, 0.29) is 11.3 Å². The summed E-state index contributed by atoms with van der Waals surface area (Å²) < 4.78 is 0. The van der Waals surface area contributed by atoms with Crippen molar-refractivity contribution in [1.29, 1.82) is 0 Å². The van der Waals surface area contributed by atoms with Crippen LogP contribution in [0.3, 0.4) is 0 Å². The van der Waals surface area contributed by atoms with Gasteiger partial charge in [-0.25, -0.2) is 0 Å². The lowest BCUT2D eigenvalue weighted by molar-refractivity contribution is -0.115. The van der Waals surface area contributed by atoms with Gasteiger partial charge in [-0.05, 0) is 12.1 Å². The number of hydrogen-bond acceptors (Lipinski definition) is 5. The second-order valence-electron chi connectivity index (χ2n) is 3.78. The molecule has 1 aliphatic heterocycles. The first-order valence-corrected chi connectivity index (χ1v) is 8.00. The van der Waals surface area contributed by atoms with Gasteiger partial charge in [0.1, 0.15) is 10.9 Å². The molecule has 0 N–H and O–H groups in total. The van der Waals surface area contributed by atoms with E-state index in [2.05, 4.69) is 10.2 Å². The maximum Gasteiger partial charge on any atom is 0.240 e. The minimum atomic E-state index is -0.248. The molecule has 1 amide bonds. The van der Waals surface area contributed by atoms with Crippen molar-refractivity contribution >= 4 is 57.3 Å². The van der Waals surface area contributed by atoms with Crippen LogP contribution in [0.5, 0.6) is 0 Å². The van der Waals surface area contributed by atoms with Crippen molar-refractivity contribution in [2.75, 3.05) is 10.7 Å². The van der Waals surface area contributed by atoms with Crippen LogP contribution in [0.15, 0.2) is 23.7 Å². The molecular weight excluding hydrogens is 325 g/mol. The average Bonchev–Trinajstić information content (AvgIpc) is 2.99. The van der Waals surface area contributed by atoms with E-state index in [1.54, 1.807) is 28.6 Å². The van der Waals surface area contributed by atoms with Gasteiger partial charge in [0, 0.05) is 15.6 Å². The molecule has 1 fully saturated rings. The molecule has 4 nitrogen and oxygen atoms in total. The molecule has 1 saturated heterocycles. The van der Waals surface area contributed by atoms with Crippen molar-refractivity contribution in [3.63, 3.8) is 0 Å². The van der Waals surface area contributed by atoms with Crippen molar-refractivity contribution in [2.24, 2.45) is 0 Å². The van der Waals surface area contributed by atoms with Gasteiger partial charge in [0.05, 0.1) is 5.75 Å². The van der Waals surface area contributed by atoms with Gasteiger partial charge in [-0.2, -0.15) is 0 Å². The lowest BCUT2D eigenvalue weighted by atomic mass is 10.2. The SMILES string of the molecule is O=C1CSC(c2c(Cl)cccc2Cl)N1c1nncs1. The summed E-state index contributed by atoms with van der Waals surface area (Å²) in [4.78, 5) is 13.6. The molecule has 1 aromatic carbocycles. The molecule has 1 aliphatic rings. The van der Waals surface area contributed by atoms with Crippen LogP contribution in [0, 0.1) is 0 Å². The summed E-state index contributed by atoms with van der Waals surface area (Å²) in [6.45, 7) is 0. The Morgan fingerprint density at radius 3 is 2.68 bits per heavy atom. The number of rotatable bonds is 2. The predicted molar refractivity (Wildman–Crippen MR) is 79.1 cm³/mol. The number of carbonyl (C=O) groups excluding carboxylic acids is 1. The van der Waals surface area contributed by atoms with Gasteiger partial charge in [-0.15, -0.1) is 22.0 Å². The van der Waals surface area contributed by atoms with Crippen molar-refractivity contribution in [3.8, 4) is 0 Å². The van der Waals surface area contributed by atoms with E-state index in [0.717, 1.165) is 5.56 Å². The third-order valence-corrected chi connectivity index (χ3v) is 5.19. The van der Waals surface area contributed by atoms with Crippen LogP contribution < -0.4 is 4.90 Å². The third-order valence-electron chi connectivity index (χ3n) is 2.67. The number of benzene rings is 1. The Labute approximate surface area is 127 Å². The standard InChI is InChI=1S/C11H7Cl2N3OS2/c12-6-2-1-3-7(13)9(6)10-16(8(17)4-18-10)11-15-14-5-19-11/h1-3,5,10H,4H2. The molecule has 19 heavy (non-hydrogen) atoms. The van der Waals surface area contributed by atoms with E-state index in [9.17, 15) is 4.79 Å². The highest BCUT2D eigenvalue weighted by Gasteiger charge is 2.37. The zero-order valence-electron chi connectivity index (χ0n) is 9.42. The van der Waals surface area contributed by atoms with Gasteiger partial charge in [0.25, 0.3) is 0 Å². The summed E-state index contributed by atoms with van der Waals surface area (Å²) in [6, 6.07) is 5.32.